The molecule has 21 heavy (non-hydrogen) atoms. The maximum Gasteiger partial charge on any atom is 0.153 e. The number of piperidine rings is 1. The van der Waals surface area contributed by atoms with E-state index in [0.29, 0.717) is 11.3 Å². The number of nitrogens with zero attached hydrogens (tertiary/aromatic N) is 1. The smallest absolute Gasteiger partial charge is 0.153 e. The number of nitrogens with one attached hydrogen (secondary N) is 2. The van der Waals surface area contributed by atoms with Gasteiger partial charge in [-0.3, -0.25) is 5.10 Å². The van der Waals surface area contributed by atoms with Crippen molar-refractivity contribution in [1.82, 2.24) is 15.5 Å². The molecule has 3 rings (SSSR count). The summed E-state index contributed by atoms with van der Waals surface area (Å²) in [5, 5.41) is 10.7. The predicted octanol–water partition coefficient (Wildman–Crippen LogP) is 4.87. The Morgan fingerprint density at radius 3 is 2.43 bits per heavy atom. The Hall–Kier alpha value is -1.13. The fraction of sp³-hybridized carbons (Fsp3) is 0.562. The maximum absolute atomic E-state index is 14.0. The van der Waals surface area contributed by atoms with Crippen molar-refractivity contribution in [3.05, 3.63) is 28.7 Å². The van der Waals surface area contributed by atoms with Crippen LogP contribution in [0.3, 0.4) is 0 Å². The molecule has 1 aromatic heterocycles. The molecule has 0 radical (unpaired) electrons. The number of H-pyrrole nitrogens is 1. The fourth-order valence-electron chi connectivity index (χ4n) is 2.47. The van der Waals surface area contributed by atoms with Crippen LogP contribution in [-0.4, -0.2) is 23.3 Å². The molecule has 1 aromatic carbocycles. The lowest BCUT2D eigenvalue weighted by atomic mass is 9.89. The zero-order valence-corrected chi connectivity index (χ0v) is 14.0. The standard InChI is InChI=1S/C12H13ClFN3.2C2H6/c13-11-8(7-1-3-15-4-2-7)5-10-9(12(11)14)6-16-17-10;2*1-2/h5-7,15H,1-4H2,(H,16,17);2*1-2H3. The molecular formula is C16H25ClFN3. The monoisotopic (exact) mass is 313 g/mol. The lowest BCUT2D eigenvalue weighted by Crippen LogP contribution is -2.26. The molecule has 1 aliphatic heterocycles. The third-order valence-electron chi connectivity index (χ3n) is 3.43. The quantitative estimate of drug-likeness (QED) is 0.788. The number of hydrogen-bond donors (Lipinski definition) is 2. The molecule has 0 saturated carbocycles. The first kappa shape index (κ1) is 17.9. The first-order valence-corrected chi connectivity index (χ1v) is 8.17. The fourth-order valence-corrected chi connectivity index (χ4v) is 2.79. The summed E-state index contributed by atoms with van der Waals surface area (Å²) in [4.78, 5) is 0. The molecule has 0 bridgehead atoms. The van der Waals surface area contributed by atoms with Crippen LogP contribution in [-0.2, 0) is 0 Å². The van der Waals surface area contributed by atoms with E-state index in [-0.39, 0.29) is 10.8 Å². The highest BCUT2D eigenvalue weighted by molar-refractivity contribution is 6.32. The zero-order chi connectivity index (χ0) is 15.8. The van der Waals surface area contributed by atoms with Gasteiger partial charge in [0, 0.05) is 0 Å². The highest BCUT2D eigenvalue weighted by atomic mass is 35.5. The van der Waals surface area contributed by atoms with Crippen LogP contribution < -0.4 is 5.32 Å². The van der Waals surface area contributed by atoms with Crippen LogP contribution in [0.4, 0.5) is 4.39 Å². The predicted molar refractivity (Wildman–Crippen MR) is 88.6 cm³/mol. The van der Waals surface area contributed by atoms with E-state index in [9.17, 15) is 4.39 Å². The summed E-state index contributed by atoms with van der Waals surface area (Å²) in [6.45, 7) is 9.92. The number of fused-ring (bicyclic) bond motifs is 1. The van der Waals surface area contributed by atoms with E-state index < -0.39 is 0 Å². The first-order valence-electron chi connectivity index (χ1n) is 7.79. The van der Waals surface area contributed by atoms with Gasteiger partial charge < -0.3 is 5.32 Å². The Bertz CT molecular complexity index is 548. The third-order valence-corrected chi connectivity index (χ3v) is 3.81. The van der Waals surface area contributed by atoms with Gasteiger partial charge >= 0.3 is 0 Å². The van der Waals surface area contributed by atoms with Gasteiger partial charge in [0.2, 0.25) is 0 Å². The number of aromatic amines is 1. The number of benzene rings is 1. The summed E-state index contributed by atoms with van der Waals surface area (Å²) in [5.74, 6) is -0.0163. The lowest BCUT2D eigenvalue weighted by Gasteiger charge is -2.24. The Morgan fingerprint density at radius 2 is 1.81 bits per heavy atom. The molecular weight excluding hydrogens is 289 g/mol. The van der Waals surface area contributed by atoms with Gasteiger partial charge in [0.15, 0.2) is 5.82 Å². The van der Waals surface area contributed by atoms with E-state index in [4.69, 9.17) is 11.6 Å². The minimum absolute atomic E-state index is 0.255. The highest BCUT2D eigenvalue weighted by Gasteiger charge is 2.21. The molecule has 3 nitrogen and oxygen atoms in total. The highest BCUT2D eigenvalue weighted by Crippen LogP contribution is 2.35. The molecule has 1 aliphatic rings. The van der Waals surface area contributed by atoms with Crippen molar-refractivity contribution in [2.75, 3.05) is 13.1 Å². The Kier molecular flexibility index (Phi) is 7.68. The molecule has 118 valence electrons. The SMILES string of the molecule is CC.CC.Fc1c(Cl)c(C2CCNCC2)cc2[nH]ncc12. The first-order chi connectivity index (χ1) is 10.3. The van der Waals surface area contributed by atoms with Crippen LogP contribution in [0.15, 0.2) is 12.3 Å². The molecule has 0 amide bonds. The second kappa shape index (κ2) is 9.00. The van der Waals surface area contributed by atoms with E-state index in [1.807, 2.05) is 33.8 Å². The summed E-state index contributed by atoms with van der Waals surface area (Å²) < 4.78 is 14.0. The third kappa shape index (κ3) is 3.95. The van der Waals surface area contributed by atoms with Crippen molar-refractivity contribution in [2.45, 2.75) is 46.5 Å². The van der Waals surface area contributed by atoms with Gasteiger partial charge in [0.1, 0.15) is 0 Å². The van der Waals surface area contributed by atoms with E-state index >= 15 is 0 Å². The minimum atomic E-state index is -0.355. The summed E-state index contributed by atoms with van der Waals surface area (Å²) in [5.41, 5.74) is 1.63. The van der Waals surface area contributed by atoms with E-state index in [1.54, 1.807) is 0 Å². The summed E-state index contributed by atoms with van der Waals surface area (Å²) >= 11 is 6.13. The van der Waals surface area contributed by atoms with E-state index in [2.05, 4.69) is 15.5 Å². The number of aromatic nitrogens is 2. The van der Waals surface area contributed by atoms with Crippen molar-refractivity contribution in [3.63, 3.8) is 0 Å². The second-order valence-corrected chi connectivity index (χ2v) is 4.83. The maximum atomic E-state index is 14.0. The molecule has 0 spiro atoms. The summed E-state index contributed by atoms with van der Waals surface area (Å²) in [6, 6.07) is 1.93. The van der Waals surface area contributed by atoms with Crippen LogP contribution in [0.1, 0.15) is 52.0 Å². The molecule has 0 aliphatic carbocycles. The number of rotatable bonds is 1. The molecule has 0 atom stereocenters. The van der Waals surface area contributed by atoms with Crippen molar-refractivity contribution >= 4 is 22.5 Å². The Balaban J connectivity index is 0.000000510. The van der Waals surface area contributed by atoms with Crippen molar-refractivity contribution < 1.29 is 4.39 Å². The molecule has 2 aromatic rings. The summed E-state index contributed by atoms with van der Waals surface area (Å²) in [6.07, 6.45) is 3.47. The van der Waals surface area contributed by atoms with Crippen LogP contribution in [0, 0.1) is 5.82 Å². The van der Waals surface area contributed by atoms with Gasteiger partial charge in [-0.1, -0.05) is 39.3 Å². The zero-order valence-electron chi connectivity index (χ0n) is 13.3. The van der Waals surface area contributed by atoms with Crippen LogP contribution >= 0.6 is 11.6 Å². The van der Waals surface area contributed by atoms with Crippen molar-refractivity contribution in [2.24, 2.45) is 0 Å². The Labute approximate surface area is 131 Å². The van der Waals surface area contributed by atoms with Crippen molar-refractivity contribution in [3.8, 4) is 0 Å². The van der Waals surface area contributed by atoms with E-state index in [1.165, 1.54) is 6.20 Å². The van der Waals surface area contributed by atoms with Crippen molar-refractivity contribution in [1.29, 1.82) is 0 Å². The van der Waals surface area contributed by atoms with Gasteiger partial charge in [0.05, 0.1) is 22.1 Å². The summed E-state index contributed by atoms with van der Waals surface area (Å²) in [7, 11) is 0. The van der Waals surface area contributed by atoms with Gasteiger partial charge in [-0.05, 0) is 43.5 Å². The second-order valence-electron chi connectivity index (χ2n) is 4.45. The molecule has 5 heteroatoms. The topological polar surface area (TPSA) is 40.7 Å². The van der Waals surface area contributed by atoms with Gasteiger partial charge in [0.25, 0.3) is 0 Å². The van der Waals surface area contributed by atoms with E-state index in [0.717, 1.165) is 37.0 Å². The molecule has 0 unspecified atom stereocenters. The lowest BCUT2D eigenvalue weighted by molar-refractivity contribution is 0.459. The molecule has 2 N–H and O–H groups in total. The van der Waals surface area contributed by atoms with Crippen LogP contribution in [0.2, 0.25) is 5.02 Å². The molecule has 1 fully saturated rings. The van der Waals surface area contributed by atoms with Crippen LogP contribution in [0.25, 0.3) is 10.9 Å². The van der Waals surface area contributed by atoms with Gasteiger partial charge in [-0.15, -0.1) is 0 Å². The van der Waals surface area contributed by atoms with Gasteiger partial charge in [-0.25, -0.2) is 4.39 Å². The molecule has 2 heterocycles. The minimum Gasteiger partial charge on any atom is -0.317 e. The van der Waals surface area contributed by atoms with Gasteiger partial charge in [-0.2, -0.15) is 5.10 Å². The average molecular weight is 314 g/mol. The number of hydrogen-bond acceptors (Lipinski definition) is 2. The van der Waals surface area contributed by atoms with Crippen LogP contribution in [0.5, 0.6) is 0 Å². The average Bonchev–Trinajstić information content (AvgIpc) is 3.04. The Morgan fingerprint density at radius 1 is 1.19 bits per heavy atom. The number of halogens is 2. The molecule has 1 saturated heterocycles. The normalized spacial score (nSPS) is 15.0. The largest absolute Gasteiger partial charge is 0.317 e.